The molecule has 2 aromatic heterocycles. The van der Waals surface area contributed by atoms with E-state index in [4.69, 9.17) is 0 Å². The van der Waals surface area contributed by atoms with Crippen molar-refractivity contribution in [1.29, 1.82) is 0 Å². The summed E-state index contributed by atoms with van der Waals surface area (Å²) in [5.41, 5.74) is 4.95. The second kappa shape index (κ2) is 8.00. The van der Waals surface area contributed by atoms with Crippen molar-refractivity contribution in [3.8, 4) is 5.69 Å². The molecule has 0 unspecified atom stereocenters. The summed E-state index contributed by atoms with van der Waals surface area (Å²) in [6.07, 6.45) is 0. The van der Waals surface area contributed by atoms with E-state index in [1.165, 1.54) is 4.57 Å². The minimum absolute atomic E-state index is 0.211. The van der Waals surface area contributed by atoms with Crippen molar-refractivity contribution in [1.82, 2.24) is 13.7 Å². The fourth-order valence-electron chi connectivity index (χ4n) is 3.90. The van der Waals surface area contributed by atoms with Gasteiger partial charge in [0.1, 0.15) is 12.1 Å². The number of nitrogens with one attached hydrogen (secondary N) is 1. The van der Waals surface area contributed by atoms with Crippen LogP contribution in [0.1, 0.15) is 22.4 Å². The van der Waals surface area contributed by atoms with Gasteiger partial charge in [0.05, 0.1) is 11.2 Å². The van der Waals surface area contributed by atoms with Gasteiger partial charge >= 0.3 is 5.69 Å². The maximum atomic E-state index is 13.5. The Hall–Kier alpha value is -3.87. The lowest BCUT2D eigenvalue weighted by Crippen LogP contribution is -2.41. The predicted molar refractivity (Wildman–Crippen MR) is 127 cm³/mol. The van der Waals surface area contributed by atoms with Crippen LogP contribution in [-0.2, 0) is 18.4 Å². The highest BCUT2D eigenvalue weighted by Gasteiger charge is 2.20. The van der Waals surface area contributed by atoms with Crippen LogP contribution in [-0.4, -0.2) is 19.6 Å². The molecule has 164 valence electrons. The minimum atomic E-state index is -0.547. The van der Waals surface area contributed by atoms with Crippen LogP contribution in [0.3, 0.4) is 0 Å². The van der Waals surface area contributed by atoms with Gasteiger partial charge in [-0.2, -0.15) is 0 Å². The Morgan fingerprint density at radius 1 is 0.938 bits per heavy atom. The molecule has 0 atom stereocenters. The van der Waals surface area contributed by atoms with E-state index in [1.807, 2.05) is 52.0 Å². The Balaban J connectivity index is 1.86. The van der Waals surface area contributed by atoms with E-state index < -0.39 is 11.2 Å². The Labute approximate surface area is 185 Å². The second-order valence-electron chi connectivity index (χ2n) is 8.27. The molecule has 1 amide bonds. The van der Waals surface area contributed by atoms with Crippen LogP contribution < -0.4 is 16.6 Å². The zero-order chi connectivity index (χ0) is 23.2. The smallest absolute Gasteiger partial charge is 0.336 e. The van der Waals surface area contributed by atoms with Crippen molar-refractivity contribution < 1.29 is 4.79 Å². The van der Waals surface area contributed by atoms with Crippen molar-refractivity contribution in [2.24, 2.45) is 7.05 Å². The molecule has 0 aliphatic carbocycles. The van der Waals surface area contributed by atoms with Crippen LogP contribution >= 0.6 is 0 Å². The van der Waals surface area contributed by atoms with Crippen molar-refractivity contribution in [3.05, 3.63) is 91.8 Å². The van der Waals surface area contributed by atoms with Crippen LogP contribution in [0.15, 0.2) is 58.1 Å². The first-order chi connectivity index (χ1) is 15.2. The summed E-state index contributed by atoms with van der Waals surface area (Å²) in [6.45, 7) is 7.53. The number of aryl methyl sites for hydroxylation is 5. The summed E-state index contributed by atoms with van der Waals surface area (Å²) >= 11 is 0. The standard InChI is InChI=1S/C25H26N4O3/c1-15-7-6-8-20(11-15)29-24(31)23-21(13-18(4)27(23)5)28(25(29)32)14-22(30)26-19-10-9-16(2)17(3)12-19/h6-13H,14H2,1-5H3,(H,26,30). The number of hydrogen-bond donors (Lipinski definition) is 1. The van der Waals surface area contributed by atoms with Crippen LogP contribution in [0.25, 0.3) is 16.7 Å². The topological polar surface area (TPSA) is 78.0 Å². The second-order valence-corrected chi connectivity index (χ2v) is 8.27. The Kier molecular flexibility index (Phi) is 5.34. The Morgan fingerprint density at radius 2 is 1.69 bits per heavy atom. The van der Waals surface area contributed by atoms with Crippen molar-refractivity contribution in [2.45, 2.75) is 34.2 Å². The summed E-state index contributed by atoms with van der Waals surface area (Å²) < 4.78 is 4.25. The summed E-state index contributed by atoms with van der Waals surface area (Å²) in [4.78, 5) is 39.7. The number of carbonyl (C=O) groups is 1. The number of fused-ring (bicyclic) bond motifs is 1. The van der Waals surface area contributed by atoms with Gasteiger partial charge in [0.25, 0.3) is 5.56 Å². The third kappa shape index (κ3) is 3.66. The third-order valence-electron chi connectivity index (χ3n) is 5.92. The lowest BCUT2D eigenvalue weighted by atomic mass is 10.1. The third-order valence-corrected chi connectivity index (χ3v) is 5.92. The van der Waals surface area contributed by atoms with E-state index >= 15 is 0 Å². The van der Waals surface area contributed by atoms with Crippen LogP contribution in [0.5, 0.6) is 0 Å². The van der Waals surface area contributed by atoms with Gasteiger partial charge < -0.3 is 9.88 Å². The first-order valence-electron chi connectivity index (χ1n) is 10.4. The lowest BCUT2D eigenvalue weighted by molar-refractivity contribution is -0.116. The van der Waals surface area contributed by atoms with Gasteiger partial charge in [-0.05, 0) is 74.7 Å². The zero-order valence-electron chi connectivity index (χ0n) is 18.9. The van der Waals surface area contributed by atoms with Gasteiger partial charge in [-0.15, -0.1) is 0 Å². The monoisotopic (exact) mass is 430 g/mol. The van der Waals surface area contributed by atoms with Crippen LogP contribution in [0.4, 0.5) is 5.69 Å². The highest BCUT2D eigenvalue weighted by atomic mass is 16.2. The maximum Gasteiger partial charge on any atom is 0.336 e. The number of benzene rings is 2. The molecule has 0 fully saturated rings. The summed E-state index contributed by atoms with van der Waals surface area (Å²) in [7, 11) is 1.78. The van der Waals surface area contributed by atoms with E-state index in [2.05, 4.69) is 5.32 Å². The molecule has 2 aromatic carbocycles. The van der Waals surface area contributed by atoms with Gasteiger partial charge in [0.15, 0.2) is 0 Å². The van der Waals surface area contributed by atoms with Gasteiger partial charge in [-0.25, -0.2) is 9.36 Å². The number of nitrogens with zero attached hydrogens (tertiary/aromatic N) is 3. The highest BCUT2D eigenvalue weighted by molar-refractivity contribution is 5.91. The zero-order valence-corrected chi connectivity index (χ0v) is 18.9. The number of aromatic nitrogens is 3. The summed E-state index contributed by atoms with van der Waals surface area (Å²) in [5.74, 6) is -0.340. The van der Waals surface area contributed by atoms with Crippen LogP contribution in [0.2, 0.25) is 0 Å². The Morgan fingerprint density at radius 3 is 2.38 bits per heavy atom. The molecule has 0 saturated heterocycles. The summed E-state index contributed by atoms with van der Waals surface area (Å²) in [6, 6.07) is 14.6. The molecule has 0 spiro atoms. The molecule has 1 N–H and O–H groups in total. The lowest BCUT2D eigenvalue weighted by Gasteiger charge is -2.14. The maximum absolute atomic E-state index is 13.5. The molecule has 7 nitrogen and oxygen atoms in total. The molecule has 0 aliphatic heterocycles. The molecule has 2 heterocycles. The van der Waals surface area contributed by atoms with Gasteiger partial charge in [-0.1, -0.05) is 18.2 Å². The van der Waals surface area contributed by atoms with E-state index in [0.717, 1.165) is 27.0 Å². The molecule has 4 aromatic rings. The number of rotatable bonds is 4. The van der Waals surface area contributed by atoms with E-state index in [-0.39, 0.29) is 12.5 Å². The molecule has 0 saturated carbocycles. The molecule has 32 heavy (non-hydrogen) atoms. The minimum Gasteiger partial charge on any atom is -0.342 e. The predicted octanol–water partition coefficient (Wildman–Crippen LogP) is 3.36. The number of hydrogen-bond acceptors (Lipinski definition) is 3. The Bertz CT molecular complexity index is 1490. The van der Waals surface area contributed by atoms with Gasteiger partial charge in [0, 0.05) is 18.4 Å². The van der Waals surface area contributed by atoms with Gasteiger partial charge in [0.2, 0.25) is 5.91 Å². The fraction of sp³-hybridized carbons (Fsp3) is 0.240. The van der Waals surface area contributed by atoms with Crippen LogP contribution in [0, 0.1) is 27.7 Å². The van der Waals surface area contributed by atoms with Crippen molar-refractivity contribution in [2.75, 3.05) is 5.32 Å². The van der Waals surface area contributed by atoms with Crippen molar-refractivity contribution in [3.63, 3.8) is 0 Å². The van der Waals surface area contributed by atoms with E-state index in [1.54, 1.807) is 35.9 Å². The molecule has 0 bridgehead atoms. The largest absolute Gasteiger partial charge is 0.342 e. The normalized spacial score (nSPS) is 11.2. The van der Waals surface area contributed by atoms with Gasteiger partial charge in [-0.3, -0.25) is 14.2 Å². The fourth-order valence-corrected chi connectivity index (χ4v) is 3.90. The molecule has 0 radical (unpaired) electrons. The van der Waals surface area contributed by atoms with E-state index in [9.17, 15) is 14.4 Å². The van der Waals surface area contributed by atoms with Crippen molar-refractivity contribution >= 4 is 22.6 Å². The summed E-state index contributed by atoms with van der Waals surface area (Å²) in [5, 5.41) is 2.86. The molecule has 0 aliphatic rings. The molecule has 4 rings (SSSR count). The number of amides is 1. The first kappa shape index (κ1) is 21.4. The molecular weight excluding hydrogens is 404 g/mol. The average Bonchev–Trinajstić information content (AvgIpc) is 3.03. The highest BCUT2D eigenvalue weighted by Crippen LogP contribution is 2.17. The number of anilines is 1. The quantitative estimate of drug-likeness (QED) is 0.539. The molecule has 7 heteroatoms. The van der Waals surface area contributed by atoms with E-state index in [0.29, 0.717) is 22.4 Å². The first-order valence-corrected chi connectivity index (χ1v) is 10.4. The molecular formula is C25H26N4O3. The number of carbonyl (C=O) groups excluding carboxylic acids is 1. The SMILES string of the molecule is Cc1cccc(-n2c(=O)c3c(cc(C)n3C)n(CC(=O)Nc3ccc(C)c(C)c3)c2=O)c1. The average molecular weight is 431 g/mol.